The molecule has 0 saturated carbocycles. The van der Waals surface area contributed by atoms with E-state index in [9.17, 15) is 14.4 Å². The quantitative estimate of drug-likeness (QED) is 0.0265. The van der Waals surface area contributed by atoms with Crippen LogP contribution >= 0.6 is 0 Å². The fourth-order valence-corrected chi connectivity index (χ4v) is 6.69. The Hall–Kier alpha value is -2.37. The van der Waals surface area contributed by atoms with Gasteiger partial charge < -0.3 is 14.2 Å². The van der Waals surface area contributed by atoms with Crippen LogP contribution in [0.5, 0.6) is 0 Å². The standard InChI is InChI=1S/C50H90O6/c1-4-7-10-13-16-19-22-24-26-28-31-34-37-40-43-49(52)55-46-47(45-54-48(51)42-39-36-33-30-21-18-15-12-9-6-3)56-50(53)44-41-38-35-32-29-27-25-23-20-17-14-11-8-5-2/h13,16,22-25,47H,4-12,14-15,17-21,26-46H2,1-3H3/b16-13-,24-22-,25-23-/t47-/m1/s1. The summed E-state index contributed by atoms with van der Waals surface area (Å²) in [5.41, 5.74) is 0. The molecule has 326 valence electrons. The Balaban J connectivity index is 4.39. The zero-order chi connectivity index (χ0) is 40.8. The van der Waals surface area contributed by atoms with Crippen LogP contribution in [0.15, 0.2) is 36.5 Å². The first-order chi connectivity index (χ1) is 27.5. The van der Waals surface area contributed by atoms with Crippen LogP contribution < -0.4 is 0 Å². The van der Waals surface area contributed by atoms with E-state index in [4.69, 9.17) is 14.2 Å². The van der Waals surface area contributed by atoms with Crippen LogP contribution in [0.4, 0.5) is 0 Å². The van der Waals surface area contributed by atoms with Gasteiger partial charge in [-0.3, -0.25) is 14.4 Å². The number of ether oxygens (including phenoxy) is 3. The second-order valence-corrected chi connectivity index (χ2v) is 16.0. The lowest BCUT2D eigenvalue weighted by Gasteiger charge is -2.18. The molecule has 6 heteroatoms. The van der Waals surface area contributed by atoms with Crippen LogP contribution in [0.3, 0.4) is 0 Å². The number of hydrogen-bond acceptors (Lipinski definition) is 6. The minimum Gasteiger partial charge on any atom is -0.462 e. The van der Waals surface area contributed by atoms with Crippen LogP contribution in [0.1, 0.15) is 245 Å². The van der Waals surface area contributed by atoms with Gasteiger partial charge in [-0.15, -0.1) is 0 Å². The van der Waals surface area contributed by atoms with Gasteiger partial charge in [0, 0.05) is 19.3 Å². The van der Waals surface area contributed by atoms with Gasteiger partial charge in [-0.25, -0.2) is 0 Å². The topological polar surface area (TPSA) is 78.9 Å². The lowest BCUT2D eigenvalue weighted by Crippen LogP contribution is -2.30. The van der Waals surface area contributed by atoms with Gasteiger partial charge in [0.1, 0.15) is 13.2 Å². The lowest BCUT2D eigenvalue weighted by atomic mass is 10.1. The summed E-state index contributed by atoms with van der Waals surface area (Å²) in [6.07, 6.45) is 51.2. The molecule has 0 fully saturated rings. The fraction of sp³-hybridized carbons (Fsp3) is 0.820. The van der Waals surface area contributed by atoms with E-state index in [0.717, 1.165) is 89.9 Å². The molecule has 0 unspecified atom stereocenters. The van der Waals surface area contributed by atoms with Gasteiger partial charge in [0.2, 0.25) is 0 Å². The average molecular weight is 787 g/mol. The van der Waals surface area contributed by atoms with Crippen LogP contribution in [-0.2, 0) is 28.6 Å². The van der Waals surface area contributed by atoms with Gasteiger partial charge in [0.15, 0.2) is 6.10 Å². The van der Waals surface area contributed by atoms with Crippen molar-refractivity contribution < 1.29 is 28.6 Å². The minimum atomic E-state index is -0.776. The predicted octanol–water partition coefficient (Wildman–Crippen LogP) is 15.4. The first-order valence-electron chi connectivity index (χ1n) is 24.0. The van der Waals surface area contributed by atoms with Crippen molar-refractivity contribution in [2.24, 2.45) is 0 Å². The maximum absolute atomic E-state index is 12.7. The molecule has 0 radical (unpaired) electrons. The summed E-state index contributed by atoms with van der Waals surface area (Å²) < 4.78 is 16.7. The molecular formula is C50H90O6. The number of carbonyl (C=O) groups is 3. The molecule has 56 heavy (non-hydrogen) atoms. The lowest BCUT2D eigenvalue weighted by molar-refractivity contribution is -0.167. The summed E-state index contributed by atoms with van der Waals surface area (Å²) in [6.45, 7) is 6.56. The van der Waals surface area contributed by atoms with Crippen molar-refractivity contribution in [3.05, 3.63) is 36.5 Å². The molecule has 0 aliphatic heterocycles. The summed E-state index contributed by atoms with van der Waals surface area (Å²) >= 11 is 0. The molecule has 0 bridgehead atoms. The van der Waals surface area contributed by atoms with E-state index in [2.05, 4.69) is 57.2 Å². The molecule has 0 spiro atoms. The Labute approximate surface area is 346 Å². The monoisotopic (exact) mass is 787 g/mol. The van der Waals surface area contributed by atoms with Gasteiger partial charge in [0.25, 0.3) is 0 Å². The maximum atomic E-state index is 12.7. The Kier molecular flexibility index (Phi) is 43.4. The molecule has 0 aliphatic carbocycles. The molecule has 0 saturated heterocycles. The van der Waals surface area contributed by atoms with Crippen molar-refractivity contribution in [1.82, 2.24) is 0 Å². The highest BCUT2D eigenvalue weighted by atomic mass is 16.6. The molecule has 0 aromatic rings. The molecule has 0 aromatic heterocycles. The van der Waals surface area contributed by atoms with Gasteiger partial charge in [-0.05, 0) is 70.6 Å². The van der Waals surface area contributed by atoms with Crippen molar-refractivity contribution in [3.63, 3.8) is 0 Å². The molecule has 0 aliphatic rings. The van der Waals surface area contributed by atoms with E-state index < -0.39 is 6.10 Å². The average Bonchev–Trinajstić information content (AvgIpc) is 3.19. The predicted molar refractivity (Wildman–Crippen MR) is 238 cm³/mol. The first kappa shape index (κ1) is 53.6. The Morgan fingerprint density at radius 1 is 0.357 bits per heavy atom. The zero-order valence-electron chi connectivity index (χ0n) is 37.2. The molecule has 6 nitrogen and oxygen atoms in total. The summed E-state index contributed by atoms with van der Waals surface area (Å²) in [6, 6.07) is 0. The number of allylic oxidation sites excluding steroid dienone is 6. The second-order valence-electron chi connectivity index (χ2n) is 16.0. The second kappa shape index (κ2) is 45.3. The number of unbranched alkanes of at least 4 members (excludes halogenated alkanes) is 26. The van der Waals surface area contributed by atoms with E-state index in [1.165, 1.54) is 116 Å². The zero-order valence-corrected chi connectivity index (χ0v) is 37.2. The Bertz CT molecular complexity index is 953. The smallest absolute Gasteiger partial charge is 0.306 e. The van der Waals surface area contributed by atoms with E-state index in [1.54, 1.807) is 0 Å². The fourth-order valence-electron chi connectivity index (χ4n) is 6.69. The highest BCUT2D eigenvalue weighted by Gasteiger charge is 2.19. The van der Waals surface area contributed by atoms with Crippen molar-refractivity contribution in [2.45, 2.75) is 252 Å². The molecule has 0 rings (SSSR count). The Morgan fingerprint density at radius 3 is 1.05 bits per heavy atom. The highest BCUT2D eigenvalue weighted by Crippen LogP contribution is 2.14. The molecule has 0 N–H and O–H groups in total. The number of hydrogen-bond donors (Lipinski definition) is 0. The summed E-state index contributed by atoms with van der Waals surface area (Å²) in [4.78, 5) is 37.8. The van der Waals surface area contributed by atoms with E-state index in [-0.39, 0.29) is 31.1 Å². The highest BCUT2D eigenvalue weighted by molar-refractivity contribution is 5.71. The van der Waals surface area contributed by atoms with Crippen LogP contribution in [0, 0.1) is 0 Å². The normalized spacial score (nSPS) is 12.3. The maximum Gasteiger partial charge on any atom is 0.306 e. The molecule has 1 atom stereocenters. The van der Waals surface area contributed by atoms with Crippen LogP contribution in [0.25, 0.3) is 0 Å². The van der Waals surface area contributed by atoms with Gasteiger partial charge >= 0.3 is 17.9 Å². The number of esters is 3. The van der Waals surface area contributed by atoms with Gasteiger partial charge in [0.05, 0.1) is 0 Å². The molecule has 0 heterocycles. The van der Waals surface area contributed by atoms with Crippen molar-refractivity contribution in [2.75, 3.05) is 13.2 Å². The van der Waals surface area contributed by atoms with Crippen molar-refractivity contribution in [3.8, 4) is 0 Å². The van der Waals surface area contributed by atoms with Crippen LogP contribution in [0.2, 0.25) is 0 Å². The summed E-state index contributed by atoms with van der Waals surface area (Å²) in [7, 11) is 0. The van der Waals surface area contributed by atoms with E-state index in [1.807, 2.05) is 0 Å². The van der Waals surface area contributed by atoms with E-state index in [0.29, 0.717) is 19.3 Å². The van der Waals surface area contributed by atoms with Gasteiger partial charge in [-0.1, -0.05) is 192 Å². The van der Waals surface area contributed by atoms with Gasteiger partial charge in [-0.2, -0.15) is 0 Å². The third-order valence-electron chi connectivity index (χ3n) is 10.4. The minimum absolute atomic E-state index is 0.0779. The van der Waals surface area contributed by atoms with E-state index >= 15 is 0 Å². The third-order valence-corrected chi connectivity index (χ3v) is 10.4. The molecule has 0 aromatic carbocycles. The first-order valence-corrected chi connectivity index (χ1v) is 24.0. The molecular weight excluding hydrogens is 697 g/mol. The van der Waals surface area contributed by atoms with Crippen molar-refractivity contribution >= 4 is 17.9 Å². The third kappa shape index (κ3) is 42.8. The number of carbonyl (C=O) groups excluding carboxylic acids is 3. The largest absolute Gasteiger partial charge is 0.462 e. The van der Waals surface area contributed by atoms with Crippen LogP contribution in [-0.4, -0.2) is 37.2 Å². The summed E-state index contributed by atoms with van der Waals surface area (Å²) in [5, 5.41) is 0. The Morgan fingerprint density at radius 2 is 0.661 bits per heavy atom. The SMILES string of the molecule is CCCC/C=C\C/C=C\CCCCCCCC(=O)OC[C@@H](COC(=O)CCCCCCCCCCCC)OC(=O)CCCCCCC/C=C\CCCCCCC. The molecule has 0 amide bonds. The summed E-state index contributed by atoms with van der Waals surface area (Å²) in [5.74, 6) is -0.898. The number of rotatable bonds is 43. The van der Waals surface area contributed by atoms with Crippen molar-refractivity contribution in [1.29, 1.82) is 0 Å².